The molecule has 220 valence electrons. The Bertz CT molecular complexity index is 1180. The lowest BCUT2D eigenvalue weighted by Gasteiger charge is -2.26. The molecule has 0 fully saturated rings. The quantitative estimate of drug-likeness (QED) is 0.124. The number of aromatic amines is 1. The largest absolute Gasteiger partial charge is 0.481 e. The normalized spacial score (nSPS) is 14.2. The second kappa shape index (κ2) is 15.6. The van der Waals surface area contributed by atoms with Crippen LogP contribution in [0.3, 0.4) is 0 Å². The van der Waals surface area contributed by atoms with E-state index in [0.29, 0.717) is 31.4 Å². The zero-order valence-electron chi connectivity index (χ0n) is 22.8. The maximum absolute atomic E-state index is 13.4. The highest BCUT2D eigenvalue weighted by Gasteiger charge is 2.32. The number of aromatic nitrogens is 1. The number of carboxylic acids is 2. The first kappa shape index (κ1) is 32.2. The molecule has 4 atom stereocenters. The van der Waals surface area contributed by atoms with Gasteiger partial charge < -0.3 is 42.6 Å². The maximum atomic E-state index is 13.4. The summed E-state index contributed by atoms with van der Waals surface area (Å²) in [5.41, 5.74) is 13.0. The maximum Gasteiger partial charge on any atom is 0.326 e. The van der Waals surface area contributed by atoms with E-state index in [1.54, 1.807) is 6.20 Å². The predicted molar refractivity (Wildman–Crippen MR) is 148 cm³/mol. The zero-order valence-corrected chi connectivity index (χ0v) is 22.8. The van der Waals surface area contributed by atoms with Crippen LogP contribution < -0.4 is 27.4 Å². The van der Waals surface area contributed by atoms with Crippen LogP contribution in [0.15, 0.2) is 30.5 Å². The standard InChI is InChI=1S/C27H40N6O7/c1-15(2)11-20(31-24(36)18(29)8-5-6-10-28)25(37)32-21(26(38)33-22(27(39)40)13-23(34)35)12-16-14-30-19-9-4-3-7-17(16)19/h3-4,7,9,14-15,18,20-22,30H,5-6,8,10-13,28-29H2,1-2H3,(H,31,36)(H,32,37)(H,33,38)(H,34,35)(H,39,40). The van der Waals surface area contributed by atoms with Crippen molar-refractivity contribution in [1.82, 2.24) is 20.9 Å². The third-order valence-corrected chi connectivity index (χ3v) is 6.37. The number of H-pyrrole nitrogens is 1. The van der Waals surface area contributed by atoms with Crippen molar-refractivity contribution >= 4 is 40.6 Å². The van der Waals surface area contributed by atoms with Gasteiger partial charge >= 0.3 is 11.9 Å². The number of carbonyl (C=O) groups is 5. The smallest absolute Gasteiger partial charge is 0.326 e. The minimum absolute atomic E-state index is 0.00244. The molecule has 10 N–H and O–H groups in total. The van der Waals surface area contributed by atoms with Gasteiger partial charge in [0.15, 0.2) is 0 Å². The molecule has 0 aliphatic heterocycles. The Morgan fingerprint density at radius 1 is 0.900 bits per heavy atom. The highest BCUT2D eigenvalue weighted by molar-refractivity contribution is 5.95. The van der Waals surface area contributed by atoms with Crippen molar-refractivity contribution in [2.24, 2.45) is 17.4 Å². The van der Waals surface area contributed by atoms with Crippen molar-refractivity contribution in [2.45, 2.75) is 76.5 Å². The number of nitrogens with two attached hydrogens (primary N) is 2. The summed E-state index contributed by atoms with van der Waals surface area (Å²) in [6, 6.07) is 2.48. The number of carboxylic acid groups (broad SMARTS) is 2. The molecule has 40 heavy (non-hydrogen) atoms. The van der Waals surface area contributed by atoms with Gasteiger partial charge in [-0.25, -0.2) is 4.79 Å². The topological polar surface area (TPSA) is 230 Å². The molecule has 0 saturated heterocycles. The van der Waals surface area contributed by atoms with E-state index in [-0.39, 0.29) is 18.8 Å². The third-order valence-electron chi connectivity index (χ3n) is 6.37. The third kappa shape index (κ3) is 9.97. The van der Waals surface area contributed by atoms with Crippen molar-refractivity contribution in [3.63, 3.8) is 0 Å². The minimum Gasteiger partial charge on any atom is -0.481 e. The summed E-state index contributed by atoms with van der Waals surface area (Å²) in [6.07, 6.45) is 2.82. The molecule has 0 spiro atoms. The molecule has 1 aromatic carbocycles. The predicted octanol–water partition coefficient (Wildman–Crippen LogP) is 0.227. The Labute approximate surface area is 232 Å². The molecule has 1 heterocycles. The molecule has 1 aromatic heterocycles. The van der Waals surface area contributed by atoms with Crippen LogP contribution >= 0.6 is 0 Å². The molecular formula is C27H40N6O7. The van der Waals surface area contributed by atoms with E-state index < -0.39 is 60.2 Å². The van der Waals surface area contributed by atoms with Crippen molar-refractivity contribution in [3.05, 3.63) is 36.0 Å². The summed E-state index contributed by atoms with van der Waals surface area (Å²) < 4.78 is 0. The van der Waals surface area contributed by atoms with Gasteiger partial charge in [0.25, 0.3) is 0 Å². The summed E-state index contributed by atoms with van der Waals surface area (Å²) >= 11 is 0. The van der Waals surface area contributed by atoms with Crippen molar-refractivity contribution in [3.8, 4) is 0 Å². The van der Waals surface area contributed by atoms with Crippen LogP contribution in [-0.2, 0) is 30.4 Å². The Morgan fingerprint density at radius 2 is 1.52 bits per heavy atom. The fourth-order valence-electron chi connectivity index (χ4n) is 4.27. The van der Waals surface area contributed by atoms with E-state index in [1.165, 1.54) is 0 Å². The van der Waals surface area contributed by atoms with Crippen LogP contribution in [0.1, 0.15) is 51.5 Å². The monoisotopic (exact) mass is 560 g/mol. The van der Waals surface area contributed by atoms with Crippen molar-refractivity contribution in [1.29, 1.82) is 0 Å². The number of rotatable bonds is 17. The Hall–Kier alpha value is -3.97. The van der Waals surface area contributed by atoms with E-state index in [0.717, 1.165) is 10.9 Å². The number of hydrogen-bond donors (Lipinski definition) is 8. The van der Waals surface area contributed by atoms with Gasteiger partial charge in [-0.3, -0.25) is 19.2 Å². The first-order valence-electron chi connectivity index (χ1n) is 13.3. The number of carbonyl (C=O) groups excluding carboxylic acids is 3. The van der Waals surface area contributed by atoms with Gasteiger partial charge in [-0.2, -0.15) is 0 Å². The lowest BCUT2D eigenvalue weighted by Crippen LogP contribution is -2.58. The Kier molecular flexibility index (Phi) is 12.6. The van der Waals surface area contributed by atoms with E-state index in [1.807, 2.05) is 38.1 Å². The average Bonchev–Trinajstić information content (AvgIpc) is 3.29. The molecule has 0 bridgehead atoms. The molecule has 0 aliphatic carbocycles. The van der Waals surface area contributed by atoms with Crippen LogP contribution in [0.4, 0.5) is 0 Å². The Morgan fingerprint density at radius 3 is 2.15 bits per heavy atom. The summed E-state index contributed by atoms with van der Waals surface area (Å²) in [7, 11) is 0. The Balaban J connectivity index is 2.29. The van der Waals surface area contributed by atoms with Gasteiger partial charge in [0.1, 0.15) is 18.1 Å². The highest BCUT2D eigenvalue weighted by Crippen LogP contribution is 2.19. The molecule has 13 heteroatoms. The molecule has 0 saturated carbocycles. The molecule has 2 rings (SSSR count). The first-order valence-corrected chi connectivity index (χ1v) is 13.3. The molecule has 4 unspecified atom stereocenters. The lowest BCUT2D eigenvalue weighted by molar-refractivity contribution is -0.147. The van der Waals surface area contributed by atoms with E-state index in [4.69, 9.17) is 16.6 Å². The SMILES string of the molecule is CC(C)CC(NC(=O)C(N)CCCCN)C(=O)NC(Cc1c[nH]c2ccccc12)C(=O)NC(CC(=O)O)C(=O)O. The van der Waals surface area contributed by atoms with Crippen LogP contribution in [0.5, 0.6) is 0 Å². The number of unbranched alkanes of at least 4 members (excludes halogenated alkanes) is 1. The fourth-order valence-corrected chi connectivity index (χ4v) is 4.27. The average molecular weight is 561 g/mol. The molecule has 13 nitrogen and oxygen atoms in total. The molecule has 0 aliphatic rings. The van der Waals surface area contributed by atoms with Gasteiger partial charge in [-0.1, -0.05) is 38.5 Å². The van der Waals surface area contributed by atoms with Gasteiger partial charge in [0, 0.05) is 23.5 Å². The van der Waals surface area contributed by atoms with Crippen LogP contribution in [-0.4, -0.2) is 75.6 Å². The van der Waals surface area contributed by atoms with Gasteiger partial charge in [-0.15, -0.1) is 0 Å². The number of amides is 3. The first-order chi connectivity index (χ1) is 18.9. The van der Waals surface area contributed by atoms with Crippen LogP contribution in [0.25, 0.3) is 10.9 Å². The second-order valence-electron chi connectivity index (χ2n) is 10.2. The number of nitrogens with one attached hydrogen (secondary N) is 4. The summed E-state index contributed by atoms with van der Waals surface area (Å²) in [4.78, 5) is 65.2. The molecular weight excluding hydrogens is 520 g/mol. The fraction of sp³-hybridized carbons (Fsp3) is 0.519. The number of hydrogen-bond acceptors (Lipinski definition) is 7. The van der Waals surface area contributed by atoms with Crippen LogP contribution in [0, 0.1) is 5.92 Å². The zero-order chi connectivity index (χ0) is 29.8. The van der Waals surface area contributed by atoms with E-state index in [2.05, 4.69) is 20.9 Å². The van der Waals surface area contributed by atoms with Gasteiger partial charge in [0.05, 0.1) is 12.5 Å². The number of benzene rings is 1. The molecule has 3 amide bonds. The van der Waals surface area contributed by atoms with Crippen molar-refractivity contribution in [2.75, 3.05) is 6.54 Å². The summed E-state index contributed by atoms with van der Waals surface area (Å²) in [5, 5.41) is 26.8. The number of aliphatic carboxylic acids is 2. The highest BCUT2D eigenvalue weighted by atomic mass is 16.4. The van der Waals surface area contributed by atoms with Crippen molar-refractivity contribution < 1.29 is 34.2 Å². The summed E-state index contributed by atoms with van der Waals surface area (Å²) in [6.45, 7) is 4.21. The summed E-state index contributed by atoms with van der Waals surface area (Å²) in [5.74, 6) is -4.98. The van der Waals surface area contributed by atoms with Crippen LogP contribution in [0.2, 0.25) is 0 Å². The number of para-hydroxylation sites is 1. The second-order valence-corrected chi connectivity index (χ2v) is 10.2. The minimum atomic E-state index is -1.70. The van der Waals surface area contributed by atoms with Gasteiger partial charge in [0.2, 0.25) is 17.7 Å². The molecule has 2 aromatic rings. The van der Waals surface area contributed by atoms with Gasteiger partial charge in [-0.05, 0) is 43.4 Å². The molecule has 0 radical (unpaired) electrons. The number of fused-ring (bicyclic) bond motifs is 1. The lowest BCUT2D eigenvalue weighted by atomic mass is 10.00. The van der Waals surface area contributed by atoms with E-state index in [9.17, 15) is 29.1 Å². The van der Waals surface area contributed by atoms with E-state index >= 15 is 0 Å².